The molecule has 0 spiro atoms. The van der Waals surface area contributed by atoms with Crippen LogP contribution in [0.15, 0.2) is 4.79 Å². The van der Waals surface area contributed by atoms with Crippen molar-refractivity contribution in [1.29, 1.82) is 0 Å². The van der Waals surface area contributed by atoms with E-state index in [-0.39, 0.29) is 5.43 Å². The van der Waals surface area contributed by atoms with Crippen LogP contribution < -0.4 is 10.7 Å². The largest absolute Gasteiger partial charge is 0.381 e. The Balaban J connectivity index is 2.10. The van der Waals surface area contributed by atoms with Crippen LogP contribution in [-0.2, 0) is 4.74 Å². The predicted octanol–water partition coefficient (Wildman–Crippen LogP) is 1.73. The zero-order chi connectivity index (χ0) is 13.5. The van der Waals surface area contributed by atoms with Crippen LogP contribution in [0.2, 0.25) is 0 Å². The van der Waals surface area contributed by atoms with Crippen molar-refractivity contribution in [3.63, 3.8) is 0 Å². The molecule has 0 bridgehead atoms. The lowest BCUT2D eigenvalue weighted by molar-refractivity contribution is 0.114. The minimum Gasteiger partial charge on any atom is -0.381 e. The molecule has 0 saturated heterocycles. The average molecular weight is 270 g/mol. The quantitative estimate of drug-likeness (QED) is 0.547. The van der Waals surface area contributed by atoms with Crippen molar-refractivity contribution in [1.82, 2.24) is 4.90 Å². The van der Waals surface area contributed by atoms with E-state index in [9.17, 15) is 4.79 Å². The fraction of sp³-hybridized carbons (Fsp3) is 0.692. The first-order valence-corrected chi connectivity index (χ1v) is 6.86. The summed E-state index contributed by atoms with van der Waals surface area (Å²) in [6.45, 7) is 11.2. The Morgan fingerprint density at radius 3 is 2.50 bits per heavy atom. The molecule has 0 saturated carbocycles. The third-order valence-corrected chi connectivity index (χ3v) is 3.53. The summed E-state index contributed by atoms with van der Waals surface area (Å²) in [4.78, 5) is 13.5. The number of nitrogens with zero attached hydrogens (tertiary/aromatic N) is 1. The van der Waals surface area contributed by atoms with Gasteiger partial charge >= 0.3 is 0 Å². The van der Waals surface area contributed by atoms with E-state index in [0.717, 1.165) is 37.5 Å². The second-order valence-electron chi connectivity index (χ2n) is 4.22. The Hall–Kier alpha value is -0.780. The summed E-state index contributed by atoms with van der Waals surface area (Å²) in [7, 11) is 0. The maximum atomic E-state index is 11.2. The molecule has 1 rings (SSSR count). The smallest absolute Gasteiger partial charge is 0.203 e. The van der Waals surface area contributed by atoms with E-state index in [4.69, 9.17) is 17.0 Å². The highest BCUT2D eigenvalue weighted by Crippen LogP contribution is 2.14. The molecule has 0 fully saturated rings. The van der Waals surface area contributed by atoms with E-state index in [1.54, 1.807) is 6.92 Å². The summed E-state index contributed by atoms with van der Waals surface area (Å²) in [5, 5.41) is 3.14. The molecule has 1 N–H and O–H groups in total. The van der Waals surface area contributed by atoms with Crippen molar-refractivity contribution in [2.45, 2.75) is 20.8 Å². The summed E-state index contributed by atoms with van der Waals surface area (Å²) < 4.78 is 5.96. The Morgan fingerprint density at radius 1 is 1.28 bits per heavy atom. The first kappa shape index (κ1) is 15.3. The predicted molar refractivity (Wildman–Crippen MR) is 77.8 cm³/mol. The van der Waals surface area contributed by atoms with E-state index in [1.165, 1.54) is 0 Å². The van der Waals surface area contributed by atoms with Crippen molar-refractivity contribution >= 4 is 17.9 Å². The van der Waals surface area contributed by atoms with E-state index in [1.807, 2.05) is 0 Å². The van der Waals surface area contributed by atoms with Crippen molar-refractivity contribution in [2.75, 3.05) is 44.7 Å². The van der Waals surface area contributed by atoms with Gasteiger partial charge in [-0.25, -0.2) is 0 Å². The molecule has 0 atom stereocenters. The number of hydrogen-bond donors (Lipinski definition) is 1. The van der Waals surface area contributed by atoms with Crippen molar-refractivity contribution in [3.05, 3.63) is 20.3 Å². The van der Waals surface area contributed by atoms with Gasteiger partial charge in [0.05, 0.1) is 18.9 Å². The normalized spacial score (nSPS) is 11.3. The van der Waals surface area contributed by atoms with E-state index < -0.39 is 0 Å². The van der Waals surface area contributed by atoms with Crippen LogP contribution in [0, 0.1) is 11.4 Å². The monoisotopic (exact) mass is 270 g/mol. The summed E-state index contributed by atoms with van der Waals surface area (Å²) in [5.41, 5.74) is 1.56. The zero-order valence-corrected chi connectivity index (χ0v) is 12.2. The summed E-state index contributed by atoms with van der Waals surface area (Å²) >= 11 is 4.95. The van der Waals surface area contributed by atoms with Gasteiger partial charge in [0.2, 0.25) is 5.43 Å². The zero-order valence-electron chi connectivity index (χ0n) is 11.4. The number of ether oxygens (including phenoxy) is 1. The third kappa shape index (κ3) is 3.86. The number of anilines is 1. The fourth-order valence-corrected chi connectivity index (χ4v) is 2.18. The summed E-state index contributed by atoms with van der Waals surface area (Å²) in [6, 6.07) is 0. The lowest BCUT2D eigenvalue weighted by Gasteiger charge is -2.18. The molecule has 0 heterocycles. The topological polar surface area (TPSA) is 41.6 Å². The molecular weight excluding hydrogens is 248 g/mol. The molecular formula is C13H22N2O2S. The standard InChI is InChI=1S/C13H22N2O2S/c1-4-15(5-2)7-9-17-8-6-14-11-10(3)12(16)13(11)18/h14H,4-9H2,1-3H3. The van der Waals surface area contributed by atoms with Crippen LogP contribution in [-0.4, -0.2) is 44.3 Å². The maximum Gasteiger partial charge on any atom is 0.203 e. The number of likely N-dealkylation sites (N-methyl/N-ethyl adjacent to an activating group) is 1. The molecule has 5 heteroatoms. The average Bonchev–Trinajstić information content (AvgIpc) is 2.41. The first-order chi connectivity index (χ1) is 8.61. The van der Waals surface area contributed by atoms with E-state index >= 15 is 0 Å². The van der Waals surface area contributed by atoms with Gasteiger partial charge in [0.15, 0.2) is 0 Å². The molecule has 1 aromatic rings. The van der Waals surface area contributed by atoms with Gasteiger partial charge in [-0.2, -0.15) is 0 Å². The molecule has 0 aliphatic carbocycles. The highest BCUT2D eigenvalue weighted by molar-refractivity contribution is 7.71. The lowest BCUT2D eigenvalue weighted by atomic mass is 10.1. The SMILES string of the molecule is CCN(CC)CCOCCNc1c(C)c(=O)c1=S. The first-order valence-electron chi connectivity index (χ1n) is 6.45. The minimum absolute atomic E-state index is 0.00467. The molecule has 4 nitrogen and oxygen atoms in total. The van der Waals surface area contributed by atoms with Crippen molar-refractivity contribution in [2.24, 2.45) is 0 Å². The third-order valence-electron chi connectivity index (χ3n) is 3.14. The second-order valence-corrected chi connectivity index (χ2v) is 4.63. The van der Waals surface area contributed by atoms with Crippen molar-refractivity contribution < 1.29 is 4.74 Å². The van der Waals surface area contributed by atoms with Gasteiger partial charge in [0.25, 0.3) is 0 Å². The van der Waals surface area contributed by atoms with Crippen LogP contribution >= 0.6 is 12.2 Å². The van der Waals surface area contributed by atoms with Crippen LogP contribution in [0.25, 0.3) is 0 Å². The molecule has 0 unspecified atom stereocenters. The van der Waals surface area contributed by atoms with Gasteiger partial charge < -0.3 is 15.0 Å². The number of hydrogen-bond acceptors (Lipinski definition) is 5. The molecule has 1 aromatic carbocycles. The van der Waals surface area contributed by atoms with Gasteiger partial charge in [0, 0.05) is 18.7 Å². The molecule has 102 valence electrons. The fourth-order valence-electron chi connectivity index (χ4n) is 1.80. The highest BCUT2D eigenvalue weighted by Gasteiger charge is 2.11. The van der Waals surface area contributed by atoms with Crippen LogP contribution in [0.5, 0.6) is 0 Å². The van der Waals surface area contributed by atoms with Crippen LogP contribution in [0.4, 0.5) is 5.69 Å². The Labute approximate surface area is 114 Å². The van der Waals surface area contributed by atoms with Gasteiger partial charge in [-0.15, -0.1) is 0 Å². The van der Waals surface area contributed by atoms with E-state index in [0.29, 0.717) is 17.7 Å². The Bertz CT molecular complexity index is 434. The summed E-state index contributed by atoms with van der Waals surface area (Å²) in [6.07, 6.45) is 0. The number of nitrogens with one attached hydrogen (secondary N) is 1. The van der Waals surface area contributed by atoms with Gasteiger partial charge in [-0.3, -0.25) is 4.79 Å². The Kier molecular flexibility index (Phi) is 6.46. The highest BCUT2D eigenvalue weighted by atomic mass is 32.1. The van der Waals surface area contributed by atoms with Crippen LogP contribution in [0.3, 0.4) is 0 Å². The molecule has 0 aliphatic rings. The summed E-state index contributed by atoms with van der Waals surface area (Å²) in [5.74, 6) is 0. The van der Waals surface area contributed by atoms with Crippen molar-refractivity contribution in [3.8, 4) is 0 Å². The maximum absolute atomic E-state index is 11.2. The molecule has 0 radical (unpaired) electrons. The second kappa shape index (κ2) is 7.61. The van der Waals surface area contributed by atoms with Crippen LogP contribution in [0.1, 0.15) is 19.4 Å². The minimum atomic E-state index is -0.00467. The molecule has 0 aromatic heterocycles. The van der Waals surface area contributed by atoms with Gasteiger partial charge in [-0.05, 0) is 20.0 Å². The Morgan fingerprint density at radius 2 is 1.94 bits per heavy atom. The molecule has 18 heavy (non-hydrogen) atoms. The molecule has 0 aliphatic heterocycles. The lowest BCUT2D eigenvalue weighted by Crippen LogP contribution is -2.28. The molecule has 0 amide bonds. The van der Waals surface area contributed by atoms with E-state index in [2.05, 4.69) is 24.1 Å². The van der Waals surface area contributed by atoms with Gasteiger partial charge in [-0.1, -0.05) is 26.1 Å². The number of rotatable bonds is 9. The van der Waals surface area contributed by atoms with Gasteiger partial charge in [0.1, 0.15) is 4.51 Å².